The van der Waals surface area contributed by atoms with Crippen molar-refractivity contribution in [2.24, 2.45) is 0 Å². The van der Waals surface area contributed by atoms with Crippen LogP contribution in [0.2, 0.25) is 0 Å². The van der Waals surface area contributed by atoms with Crippen molar-refractivity contribution in [3.63, 3.8) is 0 Å². The molecule has 5 heteroatoms. The van der Waals surface area contributed by atoms with Crippen LogP contribution in [0, 0.1) is 0 Å². The van der Waals surface area contributed by atoms with Crippen molar-refractivity contribution in [2.45, 2.75) is 13.1 Å². The molecule has 0 fully saturated rings. The van der Waals surface area contributed by atoms with Crippen molar-refractivity contribution in [1.82, 2.24) is 14.9 Å². The van der Waals surface area contributed by atoms with Crippen molar-refractivity contribution in [3.05, 3.63) is 59.4 Å². The lowest BCUT2D eigenvalue weighted by Gasteiger charge is -2.21. The summed E-state index contributed by atoms with van der Waals surface area (Å²) in [6.07, 6.45) is 5.56. The van der Waals surface area contributed by atoms with Gasteiger partial charge >= 0.3 is 0 Å². The van der Waals surface area contributed by atoms with Crippen LogP contribution in [0.1, 0.15) is 11.1 Å². The van der Waals surface area contributed by atoms with Crippen LogP contribution < -0.4 is 0 Å². The molecule has 0 bridgehead atoms. The highest BCUT2D eigenvalue weighted by atomic mass is 32.1. The second-order valence-corrected chi connectivity index (χ2v) is 5.89. The number of aliphatic hydroxyl groups is 1. The first-order chi connectivity index (χ1) is 10.3. The Bertz CT molecular complexity index is 699. The van der Waals surface area contributed by atoms with E-state index in [1.807, 2.05) is 24.5 Å². The zero-order valence-corrected chi connectivity index (χ0v) is 12.5. The highest BCUT2D eigenvalue weighted by Crippen LogP contribution is 2.20. The van der Waals surface area contributed by atoms with Crippen LogP contribution in [0.3, 0.4) is 0 Å². The first-order valence-corrected chi connectivity index (χ1v) is 7.77. The molecule has 108 valence electrons. The zero-order chi connectivity index (χ0) is 14.5. The molecule has 0 aliphatic carbocycles. The van der Waals surface area contributed by atoms with Crippen LogP contribution in [-0.2, 0) is 13.1 Å². The van der Waals surface area contributed by atoms with E-state index in [1.165, 1.54) is 10.3 Å². The fourth-order valence-corrected chi connectivity index (χ4v) is 3.14. The fraction of sp³-hybridized carbons (Fsp3) is 0.250. The third-order valence-corrected chi connectivity index (χ3v) is 4.16. The molecule has 0 radical (unpaired) electrons. The van der Waals surface area contributed by atoms with Gasteiger partial charge < -0.3 is 5.11 Å². The monoisotopic (exact) mass is 299 g/mol. The van der Waals surface area contributed by atoms with Gasteiger partial charge in [-0.2, -0.15) is 0 Å². The van der Waals surface area contributed by atoms with E-state index >= 15 is 0 Å². The van der Waals surface area contributed by atoms with Crippen LogP contribution in [0.4, 0.5) is 0 Å². The Labute approximate surface area is 127 Å². The maximum atomic E-state index is 9.26. The van der Waals surface area contributed by atoms with E-state index in [-0.39, 0.29) is 6.61 Å². The van der Waals surface area contributed by atoms with Gasteiger partial charge in [0.15, 0.2) is 0 Å². The summed E-state index contributed by atoms with van der Waals surface area (Å²) >= 11 is 1.71. The number of fused-ring (bicyclic) bond motifs is 1. The van der Waals surface area contributed by atoms with E-state index in [4.69, 9.17) is 0 Å². The van der Waals surface area contributed by atoms with Crippen molar-refractivity contribution in [2.75, 3.05) is 13.2 Å². The normalized spacial score (nSPS) is 11.3. The lowest BCUT2D eigenvalue weighted by atomic mass is 10.2. The van der Waals surface area contributed by atoms with E-state index in [0.717, 1.165) is 24.2 Å². The van der Waals surface area contributed by atoms with Gasteiger partial charge in [-0.1, -0.05) is 6.07 Å². The lowest BCUT2D eigenvalue weighted by Crippen LogP contribution is -2.26. The molecular weight excluding hydrogens is 282 g/mol. The molecule has 0 unspecified atom stereocenters. The Hall–Kier alpha value is -1.82. The van der Waals surface area contributed by atoms with E-state index in [9.17, 15) is 5.11 Å². The van der Waals surface area contributed by atoms with Crippen LogP contribution in [-0.4, -0.2) is 33.1 Å². The summed E-state index contributed by atoms with van der Waals surface area (Å²) in [6, 6.07) is 8.20. The number of nitrogens with zero attached hydrogens (tertiary/aromatic N) is 3. The molecule has 1 N–H and O–H groups in total. The SMILES string of the molecule is OCCN(Cc1cccnc1)Cc1cnc2ccsc2c1. The van der Waals surface area contributed by atoms with Crippen LogP contribution >= 0.6 is 11.3 Å². The third kappa shape index (κ3) is 3.64. The average molecular weight is 299 g/mol. The van der Waals surface area contributed by atoms with Crippen molar-refractivity contribution >= 4 is 21.6 Å². The number of aromatic nitrogens is 2. The number of rotatable bonds is 6. The number of thiophene rings is 1. The van der Waals surface area contributed by atoms with Gasteiger partial charge in [-0.3, -0.25) is 14.9 Å². The predicted molar refractivity (Wildman–Crippen MR) is 85.1 cm³/mol. The summed E-state index contributed by atoms with van der Waals surface area (Å²) in [6.45, 7) is 2.33. The molecule has 3 aromatic rings. The first kappa shape index (κ1) is 14.1. The molecule has 21 heavy (non-hydrogen) atoms. The van der Waals surface area contributed by atoms with Gasteiger partial charge in [-0.05, 0) is 34.7 Å². The van der Waals surface area contributed by atoms with Crippen LogP contribution in [0.25, 0.3) is 10.2 Å². The molecule has 4 nitrogen and oxygen atoms in total. The molecule has 0 aliphatic heterocycles. The second-order valence-electron chi connectivity index (χ2n) is 4.94. The molecule has 0 atom stereocenters. The summed E-state index contributed by atoms with van der Waals surface area (Å²) in [4.78, 5) is 10.8. The Morgan fingerprint density at radius 3 is 2.86 bits per heavy atom. The summed E-state index contributed by atoms with van der Waals surface area (Å²) in [5.41, 5.74) is 3.36. The highest BCUT2D eigenvalue weighted by Gasteiger charge is 2.08. The maximum Gasteiger partial charge on any atom is 0.0809 e. The summed E-state index contributed by atoms with van der Waals surface area (Å²) in [5.74, 6) is 0. The van der Waals surface area contributed by atoms with Crippen molar-refractivity contribution in [3.8, 4) is 0 Å². The topological polar surface area (TPSA) is 49.2 Å². The number of aliphatic hydroxyl groups excluding tert-OH is 1. The molecular formula is C16H17N3OS. The zero-order valence-electron chi connectivity index (χ0n) is 11.6. The van der Waals surface area contributed by atoms with Crippen molar-refractivity contribution < 1.29 is 5.11 Å². The van der Waals surface area contributed by atoms with Gasteiger partial charge in [0.2, 0.25) is 0 Å². The first-order valence-electron chi connectivity index (χ1n) is 6.89. The van der Waals surface area contributed by atoms with E-state index < -0.39 is 0 Å². The molecule has 0 saturated heterocycles. The van der Waals surface area contributed by atoms with Gasteiger partial charge in [0.1, 0.15) is 0 Å². The van der Waals surface area contributed by atoms with Gasteiger partial charge in [0.05, 0.1) is 16.8 Å². The molecule has 3 rings (SSSR count). The van der Waals surface area contributed by atoms with Crippen LogP contribution in [0.5, 0.6) is 0 Å². The smallest absolute Gasteiger partial charge is 0.0809 e. The quantitative estimate of drug-likeness (QED) is 0.760. The summed E-state index contributed by atoms with van der Waals surface area (Å²) in [7, 11) is 0. The van der Waals surface area contributed by atoms with E-state index in [1.54, 1.807) is 17.5 Å². The van der Waals surface area contributed by atoms with Crippen molar-refractivity contribution in [1.29, 1.82) is 0 Å². The summed E-state index contributed by atoms with van der Waals surface area (Å²) in [5, 5.41) is 11.3. The maximum absolute atomic E-state index is 9.26. The Morgan fingerprint density at radius 1 is 1.14 bits per heavy atom. The molecule has 0 aromatic carbocycles. The van der Waals surface area contributed by atoms with E-state index in [0.29, 0.717) is 6.54 Å². The molecule has 3 heterocycles. The number of pyridine rings is 2. The molecule has 0 spiro atoms. The van der Waals surface area contributed by atoms with E-state index in [2.05, 4.69) is 32.4 Å². The Morgan fingerprint density at radius 2 is 2.05 bits per heavy atom. The average Bonchev–Trinajstić information content (AvgIpc) is 2.96. The summed E-state index contributed by atoms with van der Waals surface area (Å²) < 4.78 is 1.21. The third-order valence-electron chi connectivity index (χ3n) is 3.31. The minimum atomic E-state index is 0.148. The molecule has 0 amide bonds. The largest absolute Gasteiger partial charge is 0.395 e. The second kappa shape index (κ2) is 6.76. The Balaban J connectivity index is 1.74. The predicted octanol–water partition coefficient (Wildman–Crippen LogP) is 2.69. The van der Waals surface area contributed by atoms with Gasteiger partial charge in [-0.25, -0.2) is 0 Å². The Kier molecular flexibility index (Phi) is 4.55. The highest BCUT2D eigenvalue weighted by molar-refractivity contribution is 7.17. The van der Waals surface area contributed by atoms with Crippen LogP contribution in [0.15, 0.2) is 48.2 Å². The lowest BCUT2D eigenvalue weighted by molar-refractivity contribution is 0.184. The van der Waals surface area contributed by atoms with Gasteiger partial charge in [0, 0.05) is 38.2 Å². The minimum Gasteiger partial charge on any atom is -0.395 e. The molecule has 3 aromatic heterocycles. The minimum absolute atomic E-state index is 0.148. The number of hydrogen-bond acceptors (Lipinski definition) is 5. The molecule has 0 saturated carbocycles. The number of hydrogen-bond donors (Lipinski definition) is 1. The van der Waals surface area contributed by atoms with Gasteiger partial charge in [-0.15, -0.1) is 11.3 Å². The standard InChI is InChI=1S/C16H17N3OS/c20-6-5-19(11-13-2-1-4-17-9-13)12-14-8-16-15(18-10-14)3-7-21-16/h1-4,7-10,20H,5-6,11-12H2. The molecule has 0 aliphatic rings. The fourth-order valence-electron chi connectivity index (χ4n) is 2.34. The van der Waals surface area contributed by atoms with Gasteiger partial charge in [0.25, 0.3) is 0 Å².